The molecule has 30 heavy (non-hydrogen) atoms. The van der Waals surface area contributed by atoms with Crippen molar-refractivity contribution >= 4 is 34.0 Å². The average Bonchev–Trinajstić information content (AvgIpc) is 2.75. The van der Waals surface area contributed by atoms with E-state index in [-0.39, 0.29) is 0 Å². The molecule has 0 saturated heterocycles. The van der Waals surface area contributed by atoms with Crippen LogP contribution in [0.5, 0.6) is 0 Å². The number of hydrogen-bond acceptors (Lipinski definition) is 1. The van der Waals surface area contributed by atoms with Gasteiger partial charge >= 0.3 is 0 Å². The molecule has 0 spiro atoms. The van der Waals surface area contributed by atoms with E-state index in [0.29, 0.717) is 22.9 Å². The Morgan fingerprint density at radius 3 is 1.37 bits per heavy atom. The summed E-state index contributed by atoms with van der Waals surface area (Å²) in [5.74, 6) is 0. The Bertz CT molecular complexity index is 1080. The van der Waals surface area contributed by atoms with Gasteiger partial charge in [0.15, 0.2) is 0 Å². The van der Waals surface area contributed by atoms with Crippen molar-refractivity contribution in [2.24, 2.45) is 0 Å². The van der Waals surface area contributed by atoms with E-state index in [9.17, 15) is 4.21 Å². The van der Waals surface area contributed by atoms with Crippen molar-refractivity contribution < 1.29 is 4.21 Å². The van der Waals surface area contributed by atoms with E-state index in [4.69, 9.17) is 23.2 Å². The monoisotopic (exact) mass is 450 g/mol. The topological polar surface area (TPSA) is 17.1 Å². The molecule has 4 aromatic rings. The lowest BCUT2D eigenvalue weighted by Gasteiger charge is -2.14. The van der Waals surface area contributed by atoms with Gasteiger partial charge in [0.2, 0.25) is 0 Å². The van der Waals surface area contributed by atoms with Crippen molar-refractivity contribution in [1.82, 2.24) is 0 Å². The van der Waals surface area contributed by atoms with Crippen molar-refractivity contribution in [3.63, 3.8) is 0 Å². The molecule has 0 fully saturated rings. The number of hydrogen-bond donors (Lipinski definition) is 0. The summed E-state index contributed by atoms with van der Waals surface area (Å²) in [7, 11) is -1.35. The van der Waals surface area contributed by atoms with Gasteiger partial charge in [0.1, 0.15) is 0 Å². The van der Waals surface area contributed by atoms with Crippen LogP contribution in [-0.2, 0) is 23.6 Å². The van der Waals surface area contributed by atoms with E-state index < -0.39 is 10.8 Å². The minimum atomic E-state index is -1.35. The molecule has 0 saturated carbocycles. The fraction of sp³-hybridized carbons (Fsp3) is 0.0769. The smallest absolute Gasteiger partial charge is 0.0855 e. The fourth-order valence-electron chi connectivity index (χ4n) is 3.48. The second-order valence-electron chi connectivity index (χ2n) is 7.10. The maximum Gasteiger partial charge on any atom is 0.0855 e. The zero-order valence-electron chi connectivity index (χ0n) is 16.2. The highest BCUT2D eigenvalue weighted by Crippen LogP contribution is 2.29. The van der Waals surface area contributed by atoms with E-state index in [1.54, 1.807) is 12.1 Å². The normalized spacial score (nSPS) is 11.0. The van der Waals surface area contributed by atoms with Crippen molar-refractivity contribution in [1.29, 1.82) is 0 Å². The molecule has 0 amide bonds. The van der Waals surface area contributed by atoms with Crippen molar-refractivity contribution in [3.05, 3.63) is 129 Å². The van der Waals surface area contributed by atoms with Crippen LogP contribution in [0.1, 0.15) is 22.3 Å². The first kappa shape index (κ1) is 20.9. The summed E-state index contributed by atoms with van der Waals surface area (Å²) in [6, 6.07) is 31.4. The van der Waals surface area contributed by atoms with Gasteiger partial charge in [-0.25, -0.2) is 4.21 Å². The third-order valence-corrected chi connectivity index (χ3v) is 6.99. The first-order chi connectivity index (χ1) is 14.6. The van der Waals surface area contributed by atoms with Gasteiger partial charge in [-0.1, -0.05) is 83.9 Å². The molecule has 4 aromatic carbocycles. The van der Waals surface area contributed by atoms with Crippen molar-refractivity contribution in [2.45, 2.75) is 22.6 Å². The minimum Gasteiger partial charge on any atom is -0.249 e. The highest BCUT2D eigenvalue weighted by Gasteiger charge is 2.17. The van der Waals surface area contributed by atoms with Crippen molar-refractivity contribution in [2.75, 3.05) is 0 Å². The largest absolute Gasteiger partial charge is 0.249 e. The van der Waals surface area contributed by atoms with Gasteiger partial charge in [0.05, 0.1) is 10.8 Å². The Kier molecular flexibility index (Phi) is 6.69. The van der Waals surface area contributed by atoms with Crippen LogP contribution >= 0.6 is 23.2 Å². The molecule has 0 bridgehead atoms. The third kappa shape index (κ3) is 5.02. The van der Waals surface area contributed by atoms with Crippen LogP contribution in [0.2, 0.25) is 10.0 Å². The number of benzene rings is 4. The summed E-state index contributed by atoms with van der Waals surface area (Å²) >= 11 is 12.6. The molecule has 0 atom stereocenters. The number of halogens is 2. The molecule has 0 aliphatic carbocycles. The molecule has 1 nitrogen and oxygen atoms in total. The van der Waals surface area contributed by atoms with E-state index in [1.165, 1.54) is 0 Å². The zero-order chi connectivity index (χ0) is 20.9. The van der Waals surface area contributed by atoms with Crippen LogP contribution in [0.25, 0.3) is 0 Å². The Labute approximate surface area is 189 Å². The minimum absolute atomic E-state index is 0.641. The molecule has 150 valence electrons. The molecule has 0 N–H and O–H groups in total. The predicted octanol–water partition coefficient (Wildman–Crippen LogP) is 7.34. The second-order valence-corrected chi connectivity index (χ2v) is 9.39. The molecule has 0 heterocycles. The van der Waals surface area contributed by atoms with Gasteiger partial charge < -0.3 is 0 Å². The summed E-state index contributed by atoms with van der Waals surface area (Å²) in [6.45, 7) is 0. The van der Waals surface area contributed by atoms with E-state index in [0.717, 1.165) is 32.0 Å². The SMILES string of the molecule is O=S(c1ccc(Cl)cc1Cc1ccccc1)c1ccc(Cl)cc1Cc1ccccc1. The molecular formula is C26H20Cl2OS. The standard InChI is InChI=1S/C26H20Cl2OS/c27-23-11-13-25(21(17-23)15-19-7-3-1-4-8-19)30(29)26-14-12-24(28)18-22(26)16-20-9-5-2-6-10-20/h1-14,17-18H,15-16H2. The van der Waals surface area contributed by atoms with Crippen LogP contribution in [0.4, 0.5) is 0 Å². The Hall–Kier alpha value is -2.39. The van der Waals surface area contributed by atoms with Gasteiger partial charge in [-0.05, 0) is 71.5 Å². The lowest BCUT2D eigenvalue weighted by Crippen LogP contribution is -2.03. The van der Waals surface area contributed by atoms with Gasteiger partial charge in [0, 0.05) is 19.8 Å². The van der Waals surface area contributed by atoms with Crippen LogP contribution in [0, 0.1) is 0 Å². The maximum absolute atomic E-state index is 13.7. The molecule has 0 radical (unpaired) electrons. The van der Waals surface area contributed by atoms with Crippen LogP contribution in [0.3, 0.4) is 0 Å². The van der Waals surface area contributed by atoms with Crippen LogP contribution in [0.15, 0.2) is 107 Å². The van der Waals surface area contributed by atoms with E-state index in [2.05, 4.69) is 24.3 Å². The van der Waals surface area contributed by atoms with Gasteiger partial charge in [-0.2, -0.15) is 0 Å². The third-order valence-electron chi connectivity index (χ3n) is 4.92. The summed E-state index contributed by atoms with van der Waals surface area (Å²) < 4.78 is 13.7. The van der Waals surface area contributed by atoms with Crippen LogP contribution < -0.4 is 0 Å². The van der Waals surface area contributed by atoms with Crippen LogP contribution in [-0.4, -0.2) is 4.21 Å². The molecule has 0 aliphatic heterocycles. The van der Waals surface area contributed by atoms with E-state index in [1.807, 2.05) is 60.7 Å². The lowest BCUT2D eigenvalue weighted by atomic mass is 10.1. The summed E-state index contributed by atoms with van der Waals surface area (Å²) in [6.07, 6.45) is 1.34. The summed E-state index contributed by atoms with van der Waals surface area (Å²) in [5.41, 5.74) is 4.23. The lowest BCUT2D eigenvalue weighted by molar-refractivity contribution is 0.681. The number of rotatable bonds is 6. The van der Waals surface area contributed by atoms with Gasteiger partial charge in [-0.3, -0.25) is 0 Å². The Balaban J connectivity index is 1.73. The summed E-state index contributed by atoms with van der Waals surface area (Å²) in [5, 5.41) is 1.28. The quantitative estimate of drug-likeness (QED) is 0.300. The first-order valence-corrected chi connectivity index (χ1v) is 11.6. The molecule has 4 rings (SSSR count). The zero-order valence-corrected chi connectivity index (χ0v) is 18.6. The molecule has 4 heteroatoms. The molecule has 0 aliphatic rings. The average molecular weight is 451 g/mol. The van der Waals surface area contributed by atoms with Crippen molar-refractivity contribution in [3.8, 4) is 0 Å². The molecule has 0 unspecified atom stereocenters. The molecular weight excluding hydrogens is 431 g/mol. The molecule has 0 aromatic heterocycles. The van der Waals surface area contributed by atoms with E-state index >= 15 is 0 Å². The predicted molar refractivity (Wildman–Crippen MR) is 126 cm³/mol. The van der Waals surface area contributed by atoms with Gasteiger partial charge in [-0.15, -0.1) is 0 Å². The first-order valence-electron chi connectivity index (χ1n) is 9.66. The fourth-order valence-corrected chi connectivity index (χ4v) is 5.23. The highest BCUT2D eigenvalue weighted by molar-refractivity contribution is 7.85. The second kappa shape index (κ2) is 9.61. The maximum atomic E-state index is 13.7. The highest BCUT2D eigenvalue weighted by atomic mass is 35.5. The summed E-state index contributed by atoms with van der Waals surface area (Å²) in [4.78, 5) is 1.56. The Morgan fingerprint density at radius 1 is 0.567 bits per heavy atom. The Morgan fingerprint density at radius 2 is 0.967 bits per heavy atom. The van der Waals surface area contributed by atoms with Gasteiger partial charge in [0.25, 0.3) is 0 Å².